The molecule has 0 saturated carbocycles. The van der Waals surface area contributed by atoms with E-state index in [1.54, 1.807) is 13.8 Å². The van der Waals surface area contributed by atoms with Crippen molar-refractivity contribution in [1.29, 1.82) is 0 Å². The molecule has 1 rings (SSSR count). The number of nitrogens with zero attached hydrogens (tertiary/aromatic N) is 2. The normalized spacial score (nSPS) is 9.20. The molecule has 0 atom stereocenters. The minimum atomic E-state index is -0.811. The van der Waals surface area contributed by atoms with Crippen molar-refractivity contribution in [2.24, 2.45) is 11.5 Å². The summed E-state index contributed by atoms with van der Waals surface area (Å²) in [5.41, 5.74) is 10.8. The molecule has 15 heavy (non-hydrogen) atoms. The number of amides is 2. The quantitative estimate of drug-likeness (QED) is 0.682. The minimum Gasteiger partial charge on any atom is -0.364 e. The van der Waals surface area contributed by atoms with Crippen molar-refractivity contribution in [2.75, 3.05) is 0 Å². The van der Waals surface area contributed by atoms with Gasteiger partial charge in [-0.3, -0.25) is 9.59 Å². The van der Waals surface area contributed by atoms with Gasteiger partial charge in [0.15, 0.2) is 11.4 Å². The third-order valence-corrected chi connectivity index (χ3v) is 1.77. The van der Waals surface area contributed by atoms with Crippen molar-refractivity contribution in [1.82, 2.24) is 9.97 Å². The van der Waals surface area contributed by atoms with E-state index in [9.17, 15) is 9.59 Å². The standard InChI is InChI=1S/C8H10N4O2.Cu/c1-3-4(2)12-6(8(10)14)5(11-3)7(9)13;/h1-2H3,(H2,9,13)(H2,10,14);. The minimum absolute atomic E-state index is 0. The van der Waals surface area contributed by atoms with Crippen LogP contribution in [-0.2, 0) is 17.1 Å². The predicted octanol–water partition coefficient (Wildman–Crippen LogP) is -0.711. The van der Waals surface area contributed by atoms with E-state index < -0.39 is 11.8 Å². The van der Waals surface area contributed by atoms with Crippen LogP contribution in [0.15, 0.2) is 0 Å². The summed E-state index contributed by atoms with van der Waals surface area (Å²) in [5.74, 6) is -1.62. The molecule has 6 nitrogen and oxygen atoms in total. The molecule has 1 aromatic heterocycles. The van der Waals surface area contributed by atoms with Gasteiger partial charge in [-0.2, -0.15) is 0 Å². The molecule has 2 amide bonds. The Kier molecular flexibility index (Phi) is 4.38. The Labute approximate surface area is 96.9 Å². The number of aromatic nitrogens is 2. The second kappa shape index (κ2) is 4.86. The maximum absolute atomic E-state index is 10.9. The van der Waals surface area contributed by atoms with Gasteiger partial charge in [0.2, 0.25) is 0 Å². The average Bonchev–Trinajstić information content (AvgIpc) is 2.08. The van der Waals surface area contributed by atoms with Crippen molar-refractivity contribution >= 4 is 11.8 Å². The zero-order valence-corrected chi connectivity index (χ0v) is 9.11. The molecule has 4 N–H and O–H groups in total. The Morgan fingerprint density at radius 1 is 0.933 bits per heavy atom. The van der Waals surface area contributed by atoms with Crippen molar-refractivity contribution in [3.63, 3.8) is 0 Å². The van der Waals surface area contributed by atoms with Crippen molar-refractivity contribution in [3.05, 3.63) is 22.8 Å². The van der Waals surface area contributed by atoms with Crippen LogP contribution in [0.5, 0.6) is 0 Å². The summed E-state index contributed by atoms with van der Waals surface area (Å²) in [5, 5.41) is 0. The molecular weight excluding hydrogens is 248 g/mol. The smallest absolute Gasteiger partial charge is 0.269 e. The Morgan fingerprint density at radius 2 is 1.20 bits per heavy atom. The maximum Gasteiger partial charge on any atom is 0.269 e. The number of hydrogen-bond acceptors (Lipinski definition) is 4. The first-order valence-electron chi connectivity index (χ1n) is 3.88. The maximum atomic E-state index is 10.9. The van der Waals surface area contributed by atoms with Crippen molar-refractivity contribution < 1.29 is 26.7 Å². The van der Waals surface area contributed by atoms with Crippen LogP contribution >= 0.6 is 0 Å². The first kappa shape index (κ1) is 13.5. The molecule has 1 radical (unpaired) electrons. The number of primary amides is 2. The summed E-state index contributed by atoms with van der Waals surface area (Å²) in [6.45, 7) is 3.33. The molecule has 0 aliphatic rings. The van der Waals surface area contributed by atoms with Gasteiger partial charge in [-0.25, -0.2) is 9.97 Å². The molecule has 1 aromatic rings. The topological polar surface area (TPSA) is 112 Å². The van der Waals surface area contributed by atoms with E-state index >= 15 is 0 Å². The van der Waals surface area contributed by atoms with Crippen LogP contribution in [0.4, 0.5) is 0 Å². The SMILES string of the molecule is Cc1nc(C(N)=O)c(C(N)=O)nc1C.[Cu]. The van der Waals surface area contributed by atoms with E-state index in [1.165, 1.54) is 0 Å². The number of rotatable bonds is 2. The largest absolute Gasteiger partial charge is 0.364 e. The van der Waals surface area contributed by atoms with Crippen LogP contribution in [0.2, 0.25) is 0 Å². The summed E-state index contributed by atoms with van der Waals surface area (Å²) in [4.78, 5) is 29.5. The van der Waals surface area contributed by atoms with Crippen LogP contribution in [0.1, 0.15) is 32.4 Å². The molecule has 0 spiro atoms. The third kappa shape index (κ3) is 2.74. The van der Waals surface area contributed by atoms with Gasteiger partial charge in [-0.05, 0) is 13.8 Å². The number of carbonyl (C=O) groups excluding carboxylic acids is 2. The molecule has 0 aromatic carbocycles. The summed E-state index contributed by atoms with van der Waals surface area (Å²) < 4.78 is 0. The Morgan fingerprint density at radius 3 is 1.40 bits per heavy atom. The summed E-state index contributed by atoms with van der Waals surface area (Å²) >= 11 is 0. The van der Waals surface area contributed by atoms with Crippen LogP contribution in [0.3, 0.4) is 0 Å². The van der Waals surface area contributed by atoms with Gasteiger partial charge >= 0.3 is 0 Å². The fourth-order valence-corrected chi connectivity index (χ4v) is 0.947. The van der Waals surface area contributed by atoms with Crippen molar-refractivity contribution in [2.45, 2.75) is 13.8 Å². The molecule has 0 aliphatic carbocycles. The monoisotopic (exact) mass is 257 g/mol. The zero-order valence-electron chi connectivity index (χ0n) is 8.17. The number of nitrogens with two attached hydrogens (primary N) is 2. The van der Waals surface area contributed by atoms with Gasteiger partial charge in [-0.1, -0.05) is 0 Å². The Bertz CT molecular complexity index is 380. The van der Waals surface area contributed by atoms with E-state index in [2.05, 4.69) is 9.97 Å². The fourth-order valence-electron chi connectivity index (χ4n) is 0.947. The van der Waals surface area contributed by atoms with E-state index in [1.807, 2.05) is 0 Å². The molecular formula is C8H10CuN4O2. The first-order chi connectivity index (χ1) is 6.43. The van der Waals surface area contributed by atoms with Crippen LogP contribution < -0.4 is 11.5 Å². The van der Waals surface area contributed by atoms with Crippen molar-refractivity contribution in [3.8, 4) is 0 Å². The van der Waals surface area contributed by atoms with E-state index in [4.69, 9.17) is 11.5 Å². The molecule has 0 unspecified atom stereocenters. The summed E-state index contributed by atoms with van der Waals surface area (Å²) in [7, 11) is 0. The molecule has 0 saturated heterocycles. The summed E-state index contributed by atoms with van der Waals surface area (Å²) in [6, 6.07) is 0. The molecule has 7 heteroatoms. The average molecular weight is 258 g/mol. The van der Waals surface area contributed by atoms with Gasteiger partial charge in [0.1, 0.15) is 0 Å². The second-order valence-corrected chi connectivity index (χ2v) is 2.82. The third-order valence-electron chi connectivity index (χ3n) is 1.77. The van der Waals surface area contributed by atoms with Gasteiger partial charge < -0.3 is 11.5 Å². The molecule has 85 valence electrons. The fraction of sp³-hybridized carbons (Fsp3) is 0.250. The van der Waals surface area contributed by atoms with Crippen LogP contribution in [-0.4, -0.2) is 21.8 Å². The summed E-state index contributed by atoms with van der Waals surface area (Å²) in [6.07, 6.45) is 0. The predicted molar refractivity (Wildman–Crippen MR) is 48.5 cm³/mol. The van der Waals surface area contributed by atoms with Gasteiger partial charge in [-0.15, -0.1) is 0 Å². The van der Waals surface area contributed by atoms with Gasteiger partial charge in [0.25, 0.3) is 11.8 Å². The second-order valence-electron chi connectivity index (χ2n) is 2.82. The Hall–Kier alpha value is -1.46. The van der Waals surface area contributed by atoms with E-state index in [0.717, 1.165) is 0 Å². The van der Waals surface area contributed by atoms with Gasteiger partial charge in [0.05, 0.1) is 11.4 Å². The Balaban J connectivity index is 0.00000196. The van der Waals surface area contributed by atoms with Gasteiger partial charge in [0, 0.05) is 17.1 Å². The van der Waals surface area contributed by atoms with Crippen LogP contribution in [0, 0.1) is 13.8 Å². The van der Waals surface area contributed by atoms with E-state index in [0.29, 0.717) is 11.4 Å². The van der Waals surface area contributed by atoms with E-state index in [-0.39, 0.29) is 28.5 Å². The first-order valence-corrected chi connectivity index (χ1v) is 3.88. The zero-order chi connectivity index (χ0) is 10.9. The number of carbonyl (C=O) groups is 2. The number of hydrogen-bond donors (Lipinski definition) is 2. The molecule has 0 bridgehead atoms. The number of aryl methyl sites for hydroxylation is 2. The molecule has 1 heterocycles. The van der Waals surface area contributed by atoms with Crippen LogP contribution in [0.25, 0.3) is 0 Å². The molecule has 0 aliphatic heterocycles. The molecule has 0 fully saturated rings.